The van der Waals surface area contributed by atoms with Crippen LogP contribution < -0.4 is 10.1 Å². The molecule has 0 aliphatic carbocycles. The van der Waals surface area contributed by atoms with Gasteiger partial charge in [0.1, 0.15) is 17.1 Å². The lowest BCUT2D eigenvalue weighted by molar-refractivity contribution is -0.131. The normalized spacial score (nSPS) is 10.7. The van der Waals surface area contributed by atoms with Gasteiger partial charge >= 0.3 is 5.97 Å². The first kappa shape index (κ1) is 19.6. The highest BCUT2D eigenvalue weighted by atomic mass is 32.2. The van der Waals surface area contributed by atoms with E-state index in [0.717, 1.165) is 16.0 Å². The van der Waals surface area contributed by atoms with Gasteiger partial charge in [-0.25, -0.2) is 9.97 Å². The van der Waals surface area contributed by atoms with Gasteiger partial charge in [0.25, 0.3) is 5.91 Å². The number of esters is 1. The van der Waals surface area contributed by atoms with Gasteiger partial charge in [0.15, 0.2) is 5.65 Å². The number of amides is 1. The molecule has 9 heteroatoms. The van der Waals surface area contributed by atoms with Gasteiger partial charge in [-0.05, 0) is 29.8 Å². The number of nitrogens with one attached hydrogen (secondary N) is 2. The number of ether oxygens (including phenoxy) is 1. The Balaban J connectivity index is 1.47. The van der Waals surface area contributed by atoms with Crippen LogP contribution in [0.2, 0.25) is 0 Å². The Morgan fingerprint density at radius 3 is 2.87 bits per heavy atom. The number of benzene rings is 2. The lowest BCUT2D eigenvalue weighted by Crippen LogP contribution is -2.14. The van der Waals surface area contributed by atoms with Crippen LogP contribution in [0.15, 0.2) is 66.1 Å². The van der Waals surface area contributed by atoms with Crippen LogP contribution in [0, 0.1) is 0 Å². The maximum Gasteiger partial charge on any atom is 0.308 e. The van der Waals surface area contributed by atoms with E-state index in [1.165, 1.54) is 13.3 Å². The molecule has 0 fully saturated rings. The number of carbonyl (C=O) groups excluding carboxylic acids is 2. The number of anilines is 1. The number of carbonyl (C=O) groups is 2. The van der Waals surface area contributed by atoms with Gasteiger partial charge in [-0.1, -0.05) is 24.3 Å². The van der Waals surface area contributed by atoms with Crippen molar-refractivity contribution in [1.82, 2.24) is 20.2 Å². The second-order valence-corrected chi connectivity index (χ2v) is 7.31. The first-order valence-electron chi connectivity index (χ1n) is 9.05. The van der Waals surface area contributed by atoms with E-state index in [0.29, 0.717) is 17.1 Å². The lowest BCUT2D eigenvalue weighted by Gasteiger charge is -2.10. The van der Waals surface area contributed by atoms with Crippen LogP contribution >= 0.6 is 11.8 Å². The third-order valence-corrected chi connectivity index (χ3v) is 5.23. The molecule has 2 heterocycles. The van der Waals surface area contributed by atoms with Crippen molar-refractivity contribution in [3.63, 3.8) is 0 Å². The molecule has 4 aromatic rings. The van der Waals surface area contributed by atoms with Crippen molar-refractivity contribution in [2.45, 2.75) is 17.7 Å². The Labute approximate surface area is 176 Å². The van der Waals surface area contributed by atoms with Crippen LogP contribution in [0.25, 0.3) is 11.0 Å². The summed E-state index contributed by atoms with van der Waals surface area (Å²) in [5.74, 6) is 0.0470. The van der Waals surface area contributed by atoms with E-state index in [9.17, 15) is 9.59 Å². The summed E-state index contributed by atoms with van der Waals surface area (Å²) in [4.78, 5) is 32.4. The number of fused-ring (bicyclic) bond motifs is 1. The number of thioether (sulfide) groups is 1. The minimum absolute atomic E-state index is 0.224. The molecule has 0 aliphatic heterocycles. The third kappa shape index (κ3) is 4.47. The zero-order valence-corrected chi connectivity index (χ0v) is 16.8. The Kier molecular flexibility index (Phi) is 5.71. The van der Waals surface area contributed by atoms with Crippen LogP contribution in [-0.4, -0.2) is 32.0 Å². The topological polar surface area (TPSA) is 110 Å². The minimum Gasteiger partial charge on any atom is -0.426 e. The number of para-hydroxylation sites is 1. The highest BCUT2D eigenvalue weighted by Crippen LogP contribution is 2.27. The second kappa shape index (κ2) is 8.75. The number of H-pyrrole nitrogens is 1. The molecule has 0 saturated carbocycles. The average molecular weight is 419 g/mol. The monoisotopic (exact) mass is 419 g/mol. The first-order valence-corrected chi connectivity index (χ1v) is 10.0. The van der Waals surface area contributed by atoms with Gasteiger partial charge in [-0.2, -0.15) is 5.10 Å². The molecule has 0 radical (unpaired) electrons. The van der Waals surface area contributed by atoms with Gasteiger partial charge in [-0.15, -0.1) is 11.8 Å². The molecule has 1 amide bonds. The highest BCUT2D eigenvalue weighted by molar-refractivity contribution is 7.98. The molecule has 0 spiro atoms. The summed E-state index contributed by atoms with van der Waals surface area (Å²) in [6.07, 6.45) is 3.20. The molecular formula is C21H17N5O3S. The molecule has 0 aliphatic rings. The molecule has 8 nitrogen and oxygen atoms in total. The zero-order chi connectivity index (χ0) is 20.9. The predicted octanol–water partition coefficient (Wildman–Crippen LogP) is 3.82. The van der Waals surface area contributed by atoms with Crippen LogP contribution in [0.3, 0.4) is 0 Å². The Hall–Kier alpha value is -3.72. The van der Waals surface area contributed by atoms with Crippen LogP contribution in [0.5, 0.6) is 5.75 Å². The summed E-state index contributed by atoms with van der Waals surface area (Å²) in [7, 11) is 0. The molecule has 2 aromatic heterocycles. The highest BCUT2D eigenvalue weighted by Gasteiger charge is 2.14. The van der Waals surface area contributed by atoms with E-state index in [-0.39, 0.29) is 17.2 Å². The summed E-state index contributed by atoms with van der Waals surface area (Å²) in [6.45, 7) is 1.30. The molecule has 2 aromatic carbocycles. The molecule has 4 rings (SSSR count). The average Bonchev–Trinajstić information content (AvgIpc) is 3.22. The second-order valence-electron chi connectivity index (χ2n) is 6.34. The van der Waals surface area contributed by atoms with E-state index in [4.69, 9.17) is 4.74 Å². The van der Waals surface area contributed by atoms with E-state index in [1.54, 1.807) is 48.3 Å². The van der Waals surface area contributed by atoms with E-state index in [2.05, 4.69) is 25.5 Å². The molecule has 30 heavy (non-hydrogen) atoms. The molecule has 0 unspecified atom stereocenters. The summed E-state index contributed by atoms with van der Waals surface area (Å²) >= 11 is 1.56. The van der Waals surface area contributed by atoms with E-state index >= 15 is 0 Å². The van der Waals surface area contributed by atoms with Gasteiger partial charge in [-0.3, -0.25) is 14.7 Å². The molecule has 150 valence electrons. The quantitative estimate of drug-likeness (QED) is 0.212. The molecule has 0 saturated heterocycles. The summed E-state index contributed by atoms with van der Waals surface area (Å²) in [5, 5.41) is 11.4. The number of hydrogen-bond acceptors (Lipinski definition) is 7. The maximum atomic E-state index is 12.7. The van der Waals surface area contributed by atoms with Crippen molar-refractivity contribution in [1.29, 1.82) is 0 Å². The van der Waals surface area contributed by atoms with Gasteiger partial charge in [0.2, 0.25) is 0 Å². The Bertz CT molecular complexity index is 1220. The fourth-order valence-electron chi connectivity index (χ4n) is 2.84. The van der Waals surface area contributed by atoms with Crippen molar-refractivity contribution >= 4 is 40.4 Å². The largest absolute Gasteiger partial charge is 0.426 e. The zero-order valence-electron chi connectivity index (χ0n) is 16.0. The molecule has 2 N–H and O–H groups in total. The van der Waals surface area contributed by atoms with Crippen molar-refractivity contribution in [2.24, 2.45) is 0 Å². The fourth-order valence-corrected chi connectivity index (χ4v) is 3.75. The van der Waals surface area contributed by atoms with Crippen molar-refractivity contribution < 1.29 is 14.3 Å². The van der Waals surface area contributed by atoms with Crippen LogP contribution in [0.1, 0.15) is 22.8 Å². The lowest BCUT2D eigenvalue weighted by atomic mass is 10.1. The predicted molar refractivity (Wildman–Crippen MR) is 113 cm³/mol. The summed E-state index contributed by atoms with van der Waals surface area (Å²) in [5.41, 5.74) is 2.64. The number of hydrogen-bond donors (Lipinski definition) is 2. The number of rotatable bonds is 6. The van der Waals surface area contributed by atoms with E-state index in [1.807, 2.05) is 18.2 Å². The Morgan fingerprint density at radius 1 is 1.13 bits per heavy atom. The van der Waals surface area contributed by atoms with Crippen LogP contribution in [0.4, 0.5) is 5.69 Å². The minimum atomic E-state index is -0.481. The summed E-state index contributed by atoms with van der Waals surface area (Å²) < 4.78 is 5.12. The van der Waals surface area contributed by atoms with E-state index < -0.39 is 5.97 Å². The molecule has 0 bridgehead atoms. The number of aromatic nitrogens is 4. The maximum absolute atomic E-state index is 12.7. The van der Waals surface area contributed by atoms with Crippen molar-refractivity contribution in [3.05, 3.63) is 72.2 Å². The smallest absolute Gasteiger partial charge is 0.308 e. The van der Waals surface area contributed by atoms with Gasteiger partial charge in [0, 0.05) is 18.4 Å². The van der Waals surface area contributed by atoms with Crippen molar-refractivity contribution in [3.8, 4) is 5.75 Å². The van der Waals surface area contributed by atoms with Crippen molar-refractivity contribution in [2.75, 3.05) is 5.32 Å². The van der Waals surface area contributed by atoms with Gasteiger partial charge < -0.3 is 10.1 Å². The standard InChI is InChI=1S/C21H17N5O3S/c1-13(27)29-18-8-3-2-7-16(18)20(28)25-15-6-4-5-14(9-15)11-30-21-17-10-24-26-19(17)22-12-23-21/h2-10,12H,11H2,1H3,(H,25,28)(H,22,23,24,26). The number of aromatic amines is 1. The summed E-state index contributed by atoms with van der Waals surface area (Å²) in [6, 6.07) is 14.2. The van der Waals surface area contributed by atoms with Crippen LogP contribution in [-0.2, 0) is 10.5 Å². The Morgan fingerprint density at radius 2 is 2.00 bits per heavy atom. The third-order valence-electron chi connectivity index (χ3n) is 4.16. The van der Waals surface area contributed by atoms with Gasteiger partial charge in [0.05, 0.1) is 17.1 Å². The molecular weight excluding hydrogens is 402 g/mol. The SMILES string of the molecule is CC(=O)Oc1ccccc1C(=O)Nc1cccc(CSc2ncnc3[nH]ncc23)c1. The first-order chi connectivity index (χ1) is 14.6. The number of nitrogens with zero attached hydrogens (tertiary/aromatic N) is 3. The molecule has 0 atom stereocenters. The fraction of sp³-hybridized carbons (Fsp3) is 0.0952.